The summed E-state index contributed by atoms with van der Waals surface area (Å²) in [6, 6.07) is 0. The van der Waals surface area contributed by atoms with Crippen molar-refractivity contribution in [2.24, 2.45) is 0 Å². The van der Waals surface area contributed by atoms with Gasteiger partial charge in [-0.15, -0.1) is 0 Å². The van der Waals surface area contributed by atoms with Crippen LogP contribution in [0, 0.1) is 0 Å². The molecule has 2 rings (SSSR count). The van der Waals surface area contributed by atoms with E-state index in [1.54, 1.807) is 13.8 Å². The van der Waals surface area contributed by atoms with Gasteiger partial charge in [-0.1, -0.05) is 12.8 Å². The maximum absolute atomic E-state index is 8.06. The maximum atomic E-state index is 8.06. The van der Waals surface area contributed by atoms with Crippen molar-refractivity contribution in [3.05, 3.63) is 0 Å². The molecule has 64 valence electrons. The molecule has 0 aromatic carbocycles. The fourth-order valence-corrected chi connectivity index (χ4v) is 1.63. The normalized spacial score (nSPS) is 57.3. The lowest BCUT2D eigenvalue weighted by Crippen LogP contribution is -2.25. The Bertz CT molecular complexity index is 254. The van der Waals surface area contributed by atoms with E-state index in [0.29, 0.717) is 12.8 Å². The van der Waals surface area contributed by atoms with Gasteiger partial charge in [0.1, 0.15) is 0 Å². The van der Waals surface area contributed by atoms with E-state index in [1.165, 1.54) is 0 Å². The Morgan fingerprint density at radius 2 is 2.27 bits per heavy atom. The standard InChI is InChI=1S/C9H16O2/c1-9(2)10-7-5-3-4-6-8(7)11-9/h7-8H,3-6H2,1-2H3/t7-,8+/i3D2,8D/m0/s1. The quantitative estimate of drug-likeness (QED) is 0.538. The number of hydrogen-bond donors (Lipinski definition) is 0. The van der Waals surface area contributed by atoms with Gasteiger partial charge in [-0.3, -0.25) is 0 Å². The molecule has 2 aliphatic rings. The van der Waals surface area contributed by atoms with Crippen molar-refractivity contribution < 1.29 is 13.6 Å². The molecule has 11 heavy (non-hydrogen) atoms. The third-order valence-corrected chi connectivity index (χ3v) is 2.04. The molecule has 0 unspecified atom stereocenters. The molecule has 1 saturated carbocycles. The highest BCUT2D eigenvalue weighted by Crippen LogP contribution is 2.36. The fourth-order valence-electron chi connectivity index (χ4n) is 1.63. The lowest BCUT2D eigenvalue weighted by atomic mass is 9.95. The average Bonchev–Trinajstić information content (AvgIpc) is 2.17. The molecule has 1 aliphatic carbocycles. The third kappa shape index (κ3) is 1.42. The van der Waals surface area contributed by atoms with Crippen LogP contribution in [0.25, 0.3) is 0 Å². The van der Waals surface area contributed by atoms with Crippen molar-refractivity contribution in [1.29, 1.82) is 0 Å². The average molecular weight is 159 g/mol. The van der Waals surface area contributed by atoms with E-state index in [9.17, 15) is 0 Å². The van der Waals surface area contributed by atoms with Gasteiger partial charge in [-0.25, -0.2) is 0 Å². The van der Waals surface area contributed by atoms with E-state index >= 15 is 0 Å². The van der Waals surface area contributed by atoms with E-state index in [2.05, 4.69) is 0 Å². The highest BCUT2D eigenvalue weighted by atomic mass is 16.7. The highest BCUT2D eigenvalue weighted by molar-refractivity contribution is 4.84. The molecule has 0 amide bonds. The minimum atomic E-state index is -1.21. The van der Waals surface area contributed by atoms with Crippen molar-refractivity contribution in [2.45, 2.75) is 57.5 Å². The molecule has 0 aromatic heterocycles. The first-order valence-corrected chi connectivity index (χ1v) is 4.11. The van der Waals surface area contributed by atoms with Gasteiger partial charge in [0.25, 0.3) is 0 Å². The smallest absolute Gasteiger partial charge is 0.163 e. The summed E-state index contributed by atoms with van der Waals surface area (Å²) in [6.45, 7) is 3.55. The summed E-state index contributed by atoms with van der Waals surface area (Å²) in [7, 11) is 0. The summed E-state index contributed by atoms with van der Waals surface area (Å²) in [5, 5.41) is 0. The van der Waals surface area contributed by atoms with Gasteiger partial charge in [0.05, 0.1) is 13.6 Å². The summed E-state index contributed by atoms with van der Waals surface area (Å²) < 4.78 is 34.4. The van der Waals surface area contributed by atoms with Crippen LogP contribution in [0.4, 0.5) is 0 Å². The lowest BCUT2D eigenvalue weighted by molar-refractivity contribution is -0.145. The molecule has 0 aromatic rings. The Labute approximate surface area is 72.1 Å². The molecular weight excluding hydrogens is 140 g/mol. The van der Waals surface area contributed by atoms with E-state index in [1.807, 2.05) is 0 Å². The van der Waals surface area contributed by atoms with Crippen LogP contribution in [-0.4, -0.2) is 18.0 Å². The Morgan fingerprint density at radius 3 is 3.09 bits per heavy atom. The van der Waals surface area contributed by atoms with Crippen molar-refractivity contribution in [3.8, 4) is 0 Å². The summed E-state index contributed by atoms with van der Waals surface area (Å²) in [6.07, 6.45) is -1.62. The number of rotatable bonds is 0. The predicted molar refractivity (Wildman–Crippen MR) is 42.3 cm³/mol. The summed E-state index contributed by atoms with van der Waals surface area (Å²) in [5.41, 5.74) is 0. The van der Waals surface area contributed by atoms with Crippen molar-refractivity contribution in [1.82, 2.24) is 0 Å². The van der Waals surface area contributed by atoms with Crippen LogP contribution in [0.5, 0.6) is 0 Å². The van der Waals surface area contributed by atoms with Crippen LogP contribution < -0.4 is 0 Å². The molecule has 0 N–H and O–H groups in total. The zero-order valence-electron chi connectivity index (χ0n) is 10.0. The van der Waals surface area contributed by atoms with E-state index in [0.717, 1.165) is 0 Å². The lowest BCUT2D eigenvalue weighted by Gasteiger charge is -2.21. The molecule has 2 nitrogen and oxygen atoms in total. The van der Waals surface area contributed by atoms with E-state index < -0.39 is 24.3 Å². The van der Waals surface area contributed by atoms with Gasteiger partial charge >= 0.3 is 0 Å². The summed E-state index contributed by atoms with van der Waals surface area (Å²) >= 11 is 0. The maximum Gasteiger partial charge on any atom is 0.163 e. The number of fused-ring (bicyclic) bond motifs is 1. The van der Waals surface area contributed by atoms with Crippen molar-refractivity contribution in [3.63, 3.8) is 0 Å². The van der Waals surface area contributed by atoms with Gasteiger partial charge in [0.2, 0.25) is 0 Å². The van der Waals surface area contributed by atoms with Gasteiger partial charge in [0.15, 0.2) is 5.79 Å². The summed E-state index contributed by atoms with van der Waals surface area (Å²) in [4.78, 5) is 0. The fraction of sp³-hybridized carbons (Fsp3) is 1.00. The topological polar surface area (TPSA) is 18.5 Å². The van der Waals surface area contributed by atoms with Crippen LogP contribution in [0.1, 0.15) is 43.6 Å². The van der Waals surface area contributed by atoms with E-state index in [4.69, 9.17) is 13.6 Å². The minimum absolute atomic E-state index is 0.264. The molecular formula is C9H16O2. The molecule has 1 aliphatic heterocycles. The molecule has 2 fully saturated rings. The second kappa shape index (κ2) is 2.46. The largest absolute Gasteiger partial charge is 0.345 e. The van der Waals surface area contributed by atoms with Crippen molar-refractivity contribution >= 4 is 0 Å². The second-order valence-electron chi connectivity index (χ2n) is 3.53. The van der Waals surface area contributed by atoms with E-state index in [-0.39, 0.29) is 6.42 Å². The van der Waals surface area contributed by atoms with Crippen LogP contribution in [0.2, 0.25) is 0 Å². The minimum Gasteiger partial charge on any atom is -0.345 e. The first kappa shape index (κ1) is 4.83. The first-order chi connectivity index (χ1) is 6.23. The molecule has 2 atom stereocenters. The number of ether oxygens (including phenoxy) is 2. The van der Waals surface area contributed by atoms with Crippen LogP contribution >= 0.6 is 0 Å². The Kier molecular flexibility index (Phi) is 1.08. The van der Waals surface area contributed by atoms with Crippen molar-refractivity contribution in [2.75, 3.05) is 0 Å². The second-order valence-corrected chi connectivity index (χ2v) is 3.53. The van der Waals surface area contributed by atoms with Crippen LogP contribution in [0.15, 0.2) is 0 Å². The molecule has 0 spiro atoms. The molecule has 1 heterocycles. The molecule has 2 heteroatoms. The third-order valence-electron chi connectivity index (χ3n) is 2.04. The Balaban J connectivity index is 2.18. The highest BCUT2D eigenvalue weighted by Gasteiger charge is 2.41. The van der Waals surface area contributed by atoms with Gasteiger partial charge in [-0.05, 0) is 26.7 Å². The molecule has 1 saturated heterocycles. The Hall–Kier alpha value is -0.0800. The predicted octanol–water partition coefficient (Wildman–Crippen LogP) is 2.08. The monoisotopic (exact) mass is 159 g/mol. The summed E-state index contributed by atoms with van der Waals surface area (Å²) in [5.74, 6) is -0.743. The van der Waals surface area contributed by atoms with Gasteiger partial charge in [0, 0.05) is 2.74 Å². The van der Waals surface area contributed by atoms with Gasteiger partial charge < -0.3 is 9.47 Å². The molecule has 0 bridgehead atoms. The van der Waals surface area contributed by atoms with Crippen LogP contribution in [-0.2, 0) is 9.47 Å². The number of hydrogen-bond acceptors (Lipinski definition) is 2. The zero-order chi connectivity index (χ0) is 10.6. The van der Waals surface area contributed by atoms with Crippen LogP contribution in [0.3, 0.4) is 0 Å². The Morgan fingerprint density at radius 1 is 1.45 bits per heavy atom. The first-order valence-electron chi connectivity index (χ1n) is 5.61. The van der Waals surface area contributed by atoms with Gasteiger partial charge in [-0.2, -0.15) is 0 Å². The SMILES string of the molecule is [2H]C1([2H])CC[C@@]2([2H])OC(C)(C)O[C@H]2C1. The zero-order valence-corrected chi connectivity index (χ0v) is 7.02. The molecule has 0 radical (unpaired) electrons.